The van der Waals surface area contributed by atoms with Crippen molar-refractivity contribution in [1.82, 2.24) is 10.3 Å². The van der Waals surface area contributed by atoms with Gasteiger partial charge in [0.05, 0.1) is 30.0 Å². The highest BCUT2D eigenvalue weighted by atomic mass is 35.5. The van der Waals surface area contributed by atoms with Crippen LogP contribution in [0.4, 0.5) is 0 Å². The summed E-state index contributed by atoms with van der Waals surface area (Å²) in [7, 11) is -1.78. The van der Waals surface area contributed by atoms with Crippen LogP contribution in [0.5, 0.6) is 5.88 Å². The molecule has 0 radical (unpaired) electrons. The summed E-state index contributed by atoms with van der Waals surface area (Å²) in [5.74, 6) is -0.524. The van der Waals surface area contributed by atoms with Gasteiger partial charge in [0.1, 0.15) is 5.56 Å². The maximum absolute atomic E-state index is 12.1. The number of sulfone groups is 1. The van der Waals surface area contributed by atoms with E-state index >= 15 is 0 Å². The lowest BCUT2D eigenvalue weighted by molar-refractivity contribution is 0.0937. The average Bonchev–Trinajstić information content (AvgIpc) is 2.62. The molecule has 2 heterocycles. The molecular formula is C11H13ClN2O4S. The van der Waals surface area contributed by atoms with E-state index in [1.807, 2.05) is 0 Å². The molecule has 19 heavy (non-hydrogen) atoms. The monoisotopic (exact) mass is 304 g/mol. The number of aromatic nitrogens is 1. The quantitative estimate of drug-likeness (QED) is 0.808. The molecule has 1 N–H and O–H groups in total. The number of ether oxygens (including phenoxy) is 1. The van der Waals surface area contributed by atoms with E-state index in [4.69, 9.17) is 16.3 Å². The van der Waals surface area contributed by atoms with Crippen LogP contribution in [0.2, 0.25) is 0 Å². The fraction of sp³-hybridized carbons (Fsp3) is 0.455. The van der Waals surface area contributed by atoms with Crippen molar-refractivity contribution in [2.24, 2.45) is 0 Å². The lowest BCUT2D eigenvalue weighted by atomic mass is 10.2. The molecule has 1 aliphatic heterocycles. The number of amides is 1. The van der Waals surface area contributed by atoms with E-state index in [0.29, 0.717) is 0 Å². The Morgan fingerprint density at radius 3 is 2.84 bits per heavy atom. The molecule has 1 aromatic rings. The van der Waals surface area contributed by atoms with Crippen molar-refractivity contribution in [1.29, 1.82) is 0 Å². The van der Waals surface area contributed by atoms with E-state index in [1.54, 1.807) is 12.1 Å². The first-order valence-electron chi connectivity index (χ1n) is 5.57. The highest BCUT2D eigenvalue weighted by Gasteiger charge is 2.37. The Bertz CT molecular complexity index is 590. The van der Waals surface area contributed by atoms with Gasteiger partial charge in [0.25, 0.3) is 5.91 Å². The molecule has 0 aliphatic carbocycles. The first-order valence-corrected chi connectivity index (χ1v) is 7.83. The second-order valence-electron chi connectivity index (χ2n) is 4.23. The second kappa shape index (κ2) is 5.34. The van der Waals surface area contributed by atoms with Gasteiger partial charge in [-0.15, -0.1) is 11.6 Å². The predicted molar refractivity (Wildman–Crippen MR) is 70.3 cm³/mol. The second-order valence-corrected chi connectivity index (χ2v) is 6.95. The van der Waals surface area contributed by atoms with Crippen molar-refractivity contribution in [2.75, 3.05) is 18.6 Å². The highest BCUT2D eigenvalue weighted by molar-refractivity contribution is 7.91. The molecule has 104 valence electrons. The van der Waals surface area contributed by atoms with Gasteiger partial charge in [0.2, 0.25) is 5.88 Å². The zero-order valence-corrected chi connectivity index (χ0v) is 11.7. The van der Waals surface area contributed by atoms with Gasteiger partial charge >= 0.3 is 0 Å². The Kier molecular flexibility index (Phi) is 3.96. The summed E-state index contributed by atoms with van der Waals surface area (Å²) in [4.78, 5) is 16.0. The molecular weight excluding hydrogens is 292 g/mol. The van der Waals surface area contributed by atoms with Gasteiger partial charge in [0, 0.05) is 6.20 Å². The number of hydrogen-bond acceptors (Lipinski definition) is 5. The Labute approximate surface area is 116 Å². The van der Waals surface area contributed by atoms with Crippen LogP contribution in [-0.4, -0.2) is 49.3 Å². The molecule has 6 nitrogen and oxygen atoms in total. The number of carbonyl (C=O) groups is 1. The predicted octanol–water partition coefficient (Wildman–Crippen LogP) is 0.224. The van der Waals surface area contributed by atoms with Gasteiger partial charge in [-0.1, -0.05) is 0 Å². The lowest BCUT2D eigenvalue weighted by Gasteiger charge is -2.15. The molecule has 1 aliphatic rings. The van der Waals surface area contributed by atoms with E-state index in [9.17, 15) is 13.2 Å². The SMILES string of the molecule is COc1ncccc1C(=O)NC1CS(=O)(=O)CC1Cl. The van der Waals surface area contributed by atoms with Crippen molar-refractivity contribution in [3.8, 4) is 5.88 Å². The molecule has 2 rings (SSSR count). The van der Waals surface area contributed by atoms with Gasteiger partial charge < -0.3 is 10.1 Å². The number of nitrogens with one attached hydrogen (secondary N) is 1. The summed E-state index contributed by atoms with van der Waals surface area (Å²) in [6.45, 7) is 0. The van der Waals surface area contributed by atoms with Crippen molar-refractivity contribution in [3.05, 3.63) is 23.9 Å². The summed E-state index contributed by atoms with van der Waals surface area (Å²) in [6.07, 6.45) is 1.50. The molecule has 0 bridgehead atoms. The molecule has 0 saturated carbocycles. The van der Waals surface area contributed by atoms with Gasteiger partial charge in [0.15, 0.2) is 9.84 Å². The number of rotatable bonds is 3. The van der Waals surface area contributed by atoms with E-state index in [2.05, 4.69) is 10.3 Å². The number of pyridine rings is 1. The number of nitrogens with zero attached hydrogens (tertiary/aromatic N) is 1. The first-order chi connectivity index (χ1) is 8.93. The van der Waals surface area contributed by atoms with Crippen LogP contribution in [0.1, 0.15) is 10.4 Å². The fourth-order valence-corrected chi connectivity index (χ4v) is 4.46. The Morgan fingerprint density at radius 1 is 1.53 bits per heavy atom. The van der Waals surface area contributed by atoms with Gasteiger partial charge in [-0.3, -0.25) is 4.79 Å². The molecule has 8 heteroatoms. The Balaban J connectivity index is 2.14. The highest BCUT2D eigenvalue weighted by Crippen LogP contribution is 2.20. The first kappa shape index (κ1) is 14.1. The van der Waals surface area contributed by atoms with E-state index in [0.717, 1.165) is 0 Å². The number of halogens is 1. The number of hydrogen-bond donors (Lipinski definition) is 1. The third kappa shape index (κ3) is 3.16. The summed E-state index contributed by atoms with van der Waals surface area (Å²) < 4.78 is 27.8. The standard InChI is InChI=1S/C11H13ClN2O4S/c1-18-11-7(3-2-4-13-11)10(15)14-9-6-19(16,17)5-8(9)12/h2-4,8-9H,5-6H2,1H3,(H,14,15). The Hall–Kier alpha value is -1.34. The van der Waals surface area contributed by atoms with Crippen LogP contribution in [0.3, 0.4) is 0 Å². The number of methoxy groups -OCH3 is 1. The topological polar surface area (TPSA) is 85.4 Å². The van der Waals surface area contributed by atoms with Crippen molar-refractivity contribution >= 4 is 27.3 Å². The van der Waals surface area contributed by atoms with Crippen molar-refractivity contribution < 1.29 is 17.9 Å². The largest absolute Gasteiger partial charge is 0.480 e. The molecule has 1 aromatic heterocycles. The Morgan fingerprint density at radius 2 is 2.26 bits per heavy atom. The normalized spacial score (nSPS) is 24.9. The average molecular weight is 305 g/mol. The third-order valence-electron chi connectivity index (χ3n) is 2.81. The fourth-order valence-electron chi connectivity index (χ4n) is 1.91. The van der Waals surface area contributed by atoms with E-state index in [1.165, 1.54) is 13.3 Å². The van der Waals surface area contributed by atoms with Crippen molar-refractivity contribution in [2.45, 2.75) is 11.4 Å². The molecule has 0 spiro atoms. The summed E-state index contributed by atoms with van der Waals surface area (Å²) >= 11 is 5.93. The van der Waals surface area contributed by atoms with Crippen molar-refractivity contribution in [3.63, 3.8) is 0 Å². The zero-order valence-electron chi connectivity index (χ0n) is 10.2. The minimum absolute atomic E-state index is 0.121. The molecule has 2 unspecified atom stereocenters. The van der Waals surface area contributed by atoms with Gasteiger partial charge in [-0.2, -0.15) is 0 Å². The summed E-state index contributed by atoms with van der Waals surface area (Å²) in [6, 6.07) is 2.55. The minimum atomic E-state index is -3.18. The summed E-state index contributed by atoms with van der Waals surface area (Å²) in [5.41, 5.74) is 0.248. The third-order valence-corrected chi connectivity index (χ3v) is 5.18. The summed E-state index contributed by atoms with van der Waals surface area (Å²) in [5, 5.41) is 1.99. The van der Waals surface area contributed by atoms with Crippen LogP contribution in [-0.2, 0) is 9.84 Å². The molecule has 1 fully saturated rings. The van der Waals surface area contributed by atoms with Crippen LogP contribution in [0, 0.1) is 0 Å². The van der Waals surface area contributed by atoms with Gasteiger partial charge in [-0.25, -0.2) is 13.4 Å². The van der Waals surface area contributed by atoms with Crippen LogP contribution < -0.4 is 10.1 Å². The van der Waals surface area contributed by atoms with E-state index < -0.39 is 27.2 Å². The van der Waals surface area contributed by atoms with Gasteiger partial charge in [-0.05, 0) is 12.1 Å². The molecule has 1 saturated heterocycles. The maximum atomic E-state index is 12.1. The van der Waals surface area contributed by atoms with Crippen LogP contribution in [0.25, 0.3) is 0 Å². The molecule has 1 amide bonds. The minimum Gasteiger partial charge on any atom is -0.480 e. The smallest absolute Gasteiger partial charge is 0.257 e. The van der Waals surface area contributed by atoms with Crippen LogP contribution in [0.15, 0.2) is 18.3 Å². The maximum Gasteiger partial charge on any atom is 0.257 e. The molecule has 0 aromatic carbocycles. The zero-order chi connectivity index (χ0) is 14.0. The number of carbonyl (C=O) groups excluding carboxylic acids is 1. The molecule has 2 atom stereocenters. The lowest BCUT2D eigenvalue weighted by Crippen LogP contribution is -2.40. The van der Waals surface area contributed by atoms with E-state index in [-0.39, 0.29) is 22.9 Å². The van der Waals surface area contributed by atoms with Crippen LogP contribution >= 0.6 is 11.6 Å². The number of alkyl halides is 1.